The Morgan fingerprint density at radius 1 is 1.47 bits per heavy atom. The first-order valence-electron chi connectivity index (χ1n) is 5.78. The van der Waals surface area contributed by atoms with Crippen LogP contribution in [0.1, 0.15) is 34.6 Å². The Kier molecular flexibility index (Phi) is 4.26. The van der Waals surface area contributed by atoms with Gasteiger partial charge in [0.05, 0.1) is 18.9 Å². The lowest BCUT2D eigenvalue weighted by Gasteiger charge is -2.23. The first-order valence-corrected chi connectivity index (χ1v) is 5.78. The minimum absolute atomic E-state index is 0.331. The number of esters is 1. The lowest BCUT2D eigenvalue weighted by atomic mass is 10.2. The van der Waals surface area contributed by atoms with E-state index in [4.69, 9.17) is 9.47 Å². The molecule has 0 saturated heterocycles. The van der Waals surface area contributed by atoms with E-state index in [2.05, 4.69) is 9.98 Å². The second-order valence-corrected chi connectivity index (χ2v) is 4.84. The van der Waals surface area contributed by atoms with Crippen LogP contribution in [0.2, 0.25) is 0 Å². The Morgan fingerprint density at radius 2 is 2.12 bits per heavy atom. The van der Waals surface area contributed by atoms with Crippen LogP contribution in [0.4, 0.5) is 0 Å². The molecule has 1 aliphatic heterocycles. The van der Waals surface area contributed by atoms with E-state index in [-0.39, 0.29) is 5.97 Å². The molecule has 17 heavy (non-hydrogen) atoms. The second kappa shape index (κ2) is 5.29. The maximum Gasteiger partial charge on any atom is 0.333 e. The van der Waals surface area contributed by atoms with Gasteiger partial charge in [-0.15, -0.1) is 0 Å². The molecule has 0 aromatic carbocycles. The average Bonchev–Trinajstić information content (AvgIpc) is 2.19. The first-order chi connectivity index (χ1) is 7.83. The van der Waals surface area contributed by atoms with E-state index in [1.165, 1.54) is 0 Å². The van der Waals surface area contributed by atoms with Gasteiger partial charge in [0.15, 0.2) is 6.04 Å². The number of ether oxygens (including phenoxy) is 2. The van der Waals surface area contributed by atoms with Crippen molar-refractivity contribution in [1.82, 2.24) is 0 Å². The average molecular weight is 240 g/mol. The standard InChI is InChI=1S/C12H20N2O3/c1-6-16-10-8(2)13-7-9(14-10)11(15)17-12(3,4)5/h9H,6-7H2,1-5H3. The van der Waals surface area contributed by atoms with Crippen molar-refractivity contribution in [1.29, 1.82) is 0 Å². The zero-order chi connectivity index (χ0) is 13.1. The highest BCUT2D eigenvalue weighted by Crippen LogP contribution is 2.12. The summed E-state index contributed by atoms with van der Waals surface area (Å²) in [6.45, 7) is 10.0. The number of hydrogen-bond donors (Lipinski definition) is 0. The molecule has 0 aromatic heterocycles. The zero-order valence-corrected chi connectivity index (χ0v) is 11.1. The van der Waals surface area contributed by atoms with Crippen molar-refractivity contribution in [3.8, 4) is 0 Å². The molecule has 1 unspecified atom stereocenters. The van der Waals surface area contributed by atoms with Crippen molar-refractivity contribution in [2.45, 2.75) is 46.3 Å². The van der Waals surface area contributed by atoms with Crippen LogP contribution >= 0.6 is 0 Å². The van der Waals surface area contributed by atoms with Crippen LogP contribution in [0.3, 0.4) is 0 Å². The maximum atomic E-state index is 11.8. The van der Waals surface area contributed by atoms with Crippen molar-refractivity contribution >= 4 is 17.6 Å². The largest absolute Gasteiger partial charge is 0.477 e. The molecule has 0 amide bonds. The summed E-state index contributed by atoms with van der Waals surface area (Å²) in [6.07, 6.45) is 0. The van der Waals surface area contributed by atoms with Gasteiger partial charge in [0.25, 0.3) is 0 Å². The normalized spacial score (nSPS) is 20.4. The van der Waals surface area contributed by atoms with Gasteiger partial charge in [-0.2, -0.15) is 0 Å². The van der Waals surface area contributed by atoms with Gasteiger partial charge < -0.3 is 9.47 Å². The monoisotopic (exact) mass is 240 g/mol. The molecule has 0 aliphatic carbocycles. The third kappa shape index (κ3) is 4.17. The minimum Gasteiger partial charge on any atom is -0.477 e. The van der Waals surface area contributed by atoms with Gasteiger partial charge in [0.1, 0.15) is 5.60 Å². The van der Waals surface area contributed by atoms with Crippen LogP contribution in [0.15, 0.2) is 9.98 Å². The van der Waals surface area contributed by atoms with E-state index in [1.807, 2.05) is 34.6 Å². The number of rotatable bonds is 2. The SMILES string of the molecule is CCOC1=NC(C(=O)OC(C)(C)C)CN=C1C. The van der Waals surface area contributed by atoms with Crippen molar-refractivity contribution in [3.05, 3.63) is 0 Å². The van der Waals surface area contributed by atoms with Crippen molar-refractivity contribution < 1.29 is 14.3 Å². The van der Waals surface area contributed by atoms with Gasteiger partial charge in [-0.3, -0.25) is 4.99 Å². The fraction of sp³-hybridized carbons (Fsp3) is 0.750. The molecule has 5 nitrogen and oxygen atoms in total. The molecule has 0 fully saturated rings. The molecule has 0 aromatic rings. The summed E-state index contributed by atoms with van der Waals surface area (Å²) >= 11 is 0. The van der Waals surface area contributed by atoms with Gasteiger partial charge in [-0.05, 0) is 34.6 Å². The molecular weight excluding hydrogens is 220 g/mol. The Labute approximate surface area is 102 Å². The summed E-state index contributed by atoms with van der Waals surface area (Å²) in [5, 5.41) is 0. The highest BCUT2D eigenvalue weighted by atomic mass is 16.6. The summed E-state index contributed by atoms with van der Waals surface area (Å²) in [5.41, 5.74) is 0.223. The summed E-state index contributed by atoms with van der Waals surface area (Å²) in [7, 11) is 0. The molecule has 0 saturated carbocycles. The fourth-order valence-electron chi connectivity index (χ4n) is 1.34. The maximum absolute atomic E-state index is 11.8. The van der Waals surface area contributed by atoms with Crippen LogP contribution < -0.4 is 0 Å². The molecule has 0 bridgehead atoms. The van der Waals surface area contributed by atoms with Crippen LogP contribution in [0, 0.1) is 0 Å². The Hall–Kier alpha value is -1.39. The molecule has 1 heterocycles. The van der Waals surface area contributed by atoms with Gasteiger partial charge in [-0.25, -0.2) is 9.79 Å². The van der Waals surface area contributed by atoms with Crippen molar-refractivity contribution in [3.63, 3.8) is 0 Å². The summed E-state index contributed by atoms with van der Waals surface area (Å²) in [5.74, 6) is 0.0839. The van der Waals surface area contributed by atoms with Gasteiger partial charge in [0, 0.05) is 0 Å². The van der Waals surface area contributed by atoms with Crippen LogP contribution in [-0.2, 0) is 14.3 Å². The summed E-state index contributed by atoms with van der Waals surface area (Å²) < 4.78 is 10.6. The second-order valence-electron chi connectivity index (χ2n) is 4.84. The summed E-state index contributed by atoms with van der Waals surface area (Å²) in [6, 6.07) is -0.584. The number of carbonyl (C=O) groups is 1. The van der Waals surface area contributed by atoms with E-state index in [1.54, 1.807) is 0 Å². The predicted molar refractivity (Wildman–Crippen MR) is 66.7 cm³/mol. The Morgan fingerprint density at radius 3 is 2.65 bits per heavy atom. The minimum atomic E-state index is -0.584. The van der Waals surface area contributed by atoms with E-state index in [0.717, 1.165) is 5.71 Å². The fourth-order valence-corrected chi connectivity index (χ4v) is 1.34. The molecule has 0 spiro atoms. The molecule has 96 valence electrons. The lowest BCUT2D eigenvalue weighted by Crippen LogP contribution is -2.36. The number of aliphatic imine (C=N–C) groups is 2. The smallest absolute Gasteiger partial charge is 0.333 e. The van der Waals surface area contributed by atoms with E-state index in [0.29, 0.717) is 19.0 Å². The Bertz CT molecular complexity index is 353. The van der Waals surface area contributed by atoms with Gasteiger partial charge in [-0.1, -0.05) is 0 Å². The van der Waals surface area contributed by atoms with Gasteiger partial charge >= 0.3 is 5.97 Å². The predicted octanol–water partition coefficient (Wildman–Crippen LogP) is 1.61. The molecule has 5 heteroatoms. The topological polar surface area (TPSA) is 60.2 Å². The number of nitrogens with zero attached hydrogens (tertiary/aromatic N) is 2. The third-order valence-corrected chi connectivity index (χ3v) is 2.04. The quantitative estimate of drug-likeness (QED) is 0.689. The number of hydrogen-bond acceptors (Lipinski definition) is 5. The first kappa shape index (κ1) is 13.7. The molecule has 0 N–H and O–H groups in total. The van der Waals surface area contributed by atoms with Crippen LogP contribution in [-0.4, -0.2) is 42.4 Å². The molecule has 1 atom stereocenters. The Balaban J connectivity index is 2.71. The molecular formula is C12H20N2O3. The molecule has 0 radical (unpaired) electrons. The highest BCUT2D eigenvalue weighted by Gasteiger charge is 2.28. The van der Waals surface area contributed by atoms with E-state index >= 15 is 0 Å². The summed E-state index contributed by atoms with van der Waals surface area (Å²) in [4.78, 5) is 20.3. The van der Waals surface area contributed by atoms with Crippen molar-refractivity contribution in [2.24, 2.45) is 9.98 Å². The third-order valence-electron chi connectivity index (χ3n) is 2.04. The molecule has 1 aliphatic rings. The lowest BCUT2D eigenvalue weighted by molar-refractivity contribution is -0.156. The van der Waals surface area contributed by atoms with Crippen LogP contribution in [0.5, 0.6) is 0 Å². The number of carbonyl (C=O) groups excluding carboxylic acids is 1. The van der Waals surface area contributed by atoms with E-state index < -0.39 is 11.6 Å². The highest BCUT2D eigenvalue weighted by molar-refractivity contribution is 6.38. The van der Waals surface area contributed by atoms with Crippen molar-refractivity contribution in [2.75, 3.05) is 13.2 Å². The molecule has 1 rings (SSSR count). The zero-order valence-electron chi connectivity index (χ0n) is 11.1. The van der Waals surface area contributed by atoms with Crippen LogP contribution in [0.25, 0.3) is 0 Å². The van der Waals surface area contributed by atoms with E-state index in [9.17, 15) is 4.79 Å². The van der Waals surface area contributed by atoms with Gasteiger partial charge in [0.2, 0.25) is 5.90 Å².